The van der Waals surface area contributed by atoms with E-state index in [1.807, 2.05) is 24.3 Å². The molecule has 0 fully saturated rings. The lowest BCUT2D eigenvalue weighted by atomic mass is 9.93. The molecular weight excluding hydrogens is 378 g/mol. The Labute approximate surface area is 175 Å². The maximum atomic E-state index is 9.27. The van der Waals surface area contributed by atoms with Gasteiger partial charge in [-0.05, 0) is 60.2 Å². The van der Waals surface area contributed by atoms with Crippen LogP contribution < -0.4 is 15.4 Å². The maximum Gasteiger partial charge on any atom is 0.216 e. The molecule has 152 valence electrons. The molecule has 1 aliphatic heterocycles. The van der Waals surface area contributed by atoms with E-state index in [4.69, 9.17) is 4.74 Å². The van der Waals surface area contributed by atoms with Crippen LogP contribution in [0, 0.1) is 11.3 Å². The van der Waals surface area contributed by atoms with Crippen molar-refractivity contribution in [1.82, 2.24) is 20.6 Å². The van der Waals surface area contributed by atoms with E-state index in [1.165, 1.54) is 11.1 Å². The van der Waals surface area contributed by atoms with Crippen LogP contribution in [0.4, 0.5) is 11.4 Å². The van der Waals surface area contributed by atoms with Gasteiger partial charge in [0.15, 0.2) is 0 Å². The minimum absolute atomic E-state index is 0.264. The zero-order valence-corrected chi connectivity index (χ0v) is 16.7. The first-order chi connectivity index (χ1) is 14.8. The summed E-state index contributed by atoms with van der Waals surface area (Å²) in [6.45, 7) is 0. The number of rotatable bonds is 7. The Kier molecular flexibility index (Phi) is 5.90. The molecule has 8 heteroatoms. The third-order valence-corrected chi connectivity index (χ3v) is 5.24. The van der Waals surface area contributed by atoms with Crippen molar-refractivity contribution in [2.75, 3.05) is 17.7 Å². The summed E-state index contributed by atoms with van der Waals surface area (Å²) in [6.07, 6.45) is 5.75. The lowest BCUT2D eigenvalue weighted by molar-refractivity contribution is 0.413. The van der Waals surface area contributed by atoms with E-state index < -0.39 is 0 Å². The van der Waals surface area contributed by atoms with Gasteiger partial charge in [-0.3, -0.25) is 0 Å². The summed E-state index contributed by atoms with van der Waals surface area (Å²) >= 11 is 0. The van der Waals surface area contributed by atoms with Crippen molar-refractivity contribution in [2.24, 2.45) is 0 Å². The van der Waals surface area contributed by atoms with Crippen LogP contribution in [0.2, 0.25) is 0 Å². The van der Waals surface area contributed by atoms with Gasteiger partial charge >= 0.3 is 0 Å². The van der Waals surface area contributed by atoms with Gasteiger partial charge in [0.2, 0.25) is 5.82 Å². The maximum absolute atomic E-state index is 9.27. The number of ether oxygens (including phenoxy) is 1. The molecule has 3 aromatic rings. The largest absolute Gasteiger partial charge is 0.495 e. The normalized spacial score (nSPS) is 15.6. The number of aryl methyl sites for hydroxylation is 2. The third-order valence-electron chi connectivity index (χ3n) is 5.24. The Bertz CT molecular complexity index is 1060. The number of allylic oxidation sites excluding steroid dienone is 1. The molecular formula is C22H23N7O. The molecule has 1 aliphatic rings. The number of aromatic amines is 1. The topological polar surface area (TPSA) is 112 Å². The Morgan fingerprint density at radius 2 is 2.23 bits per heavy atom. The van der Waals surface area contributed by atoms with Gasteiger partial charge in [-0.15, -0.1) is 10.2 Å². The predicted molar refractivity (Wildman–Crippen MR) is 115 cm³/mol. The molecule has 0 spiro atoms. The highest BCUT2D eigenvalue weighted by molar-refractivity contribution is 5.74. The first-order valence-electron chi connectivity index (χ1n) is 9.89. The summed E-state index contributed by atoms with van der Waals surface area (Å²) in [5.74, 6) is 1.17. The van der Waals surface area contributed by atoms with Gasteiger partial charge in [0, 0.05) is 17.9 Å². The molecule has 0 amide bonds. The van der Waals surface area contributed by atoms with Gasteiger partial charge in [-0.25, -0.2) is 0 Å². The van der Waals surface area contributed by atoms with E-state index in [0.717, 1.165) is 42.8 Å². The summed E-state index contributed by atoms with van der Waals surface area (Å²) in [5, 5.41) is 29.6. The summed E-state index contributed by atoms with van der Waals surface area (Å²) < 4.78 is 5.51. The quantitative estimate of drug-likeness (QED) is 0.519. The van der Waals surface area contributed by atoms with Crippen molar-refractivity contribution < 1.29 is 4.74 Å². The van der Waals surface area contributed by atoms with Crippen LogP contribution in [0.25, 0.3) is 5.57 Å². The zero-order valence-electron chi connectivity index (χ0n) is 16.7. The second-order valence-corrected chi connectivity index (χ2v) is 7.16. The number of para-hydroxylation sites is 1. The average molecular weight is 401 g/mol. The second kappa shape index (κ2) is 9.09. The number of tetrazole rings is 1. The fraction of sp³-hybridized carbons (Fsp3) is 0.273. The third kappa shape index (κ3) is 4.41. The number of H-pyrrole nitrogens is 1. The lowest BCUT2D eigenvalue weighted by Crippen LogP contribution is -2.26. The standard InChI is InChI=1S/C22H23N7O/c1-30-20-7-3-5-16-9-11-18(25-21(16)20)10-8-15-4-2-6-19(12-15)24-14-17(13-23)22-26-28-29-27-22/h2-7,12,14,18,24-25H,8-11H2,1H3,(H,26,27,28,29). The molecule has 1 unspecified atom stereocenters. The minimum Gasteiger partial charge on any atom is -0.495 e. The molecule has 4 rings (SSSR count). The van der Waals surface area contributed by atoms with Crippen molar-refractivity contribution in [3.8, 4) is 11.8 Å². The molecule has 0 aliphatic carbocycles. The summed E-state index contributed by atoms with van der Waals surface area (Å²) in [5.41, 5.74) is 4.90. The first kappa shape index (κ1) is 19.5. The number of hydrogen-bond acceptors (Lipinski definition) is 7. The highest BCUT2D eigenvalue weighted by atomic mass is 16.5. The average Bonchev–Trinajstić information content (AvgIpc) is 3.32. The summed E-state index contributed by atoms with van der Waals surface area (Å²) in [7, 11) is 1.71. The molecule has 1 aromatic heterocycles. The van der Waals surface area contributed by atoms with Crippen LogP contribution in [-0.4, -0.2) is 33.8 Å². The molecule has 2 heterocycles. The van der Waals surface area contributed by atoms with E-state index in [0.29, 0.717) is 11.6 Å². The van der Waals surface area contributed by atoms with E-state index in [-0.39, 0.29) is 5.82 Å². The van der Waals surface area contributed by atoms with Crippen molar-refractivity contribution in [3.63, 3.8) is 0 Å². The summed E-state index contributed by atoms with van der Waals surface area (Å²) in [6, 6.07) is 16.9. The van der Waals surface area contributed by atoms with E-state index in [1.54, 1.807) is 13.3 Å². The van der Waals surface area contributed by atoms with Crippen LogP contribution in [0.3, 0.4) is 0 Å². The molecule has 2 aromatic carbocycles. The number of nitriles is 1. The van der Waals surface area contributed by atoms with Crippen LogP contribution in [0.1, 0.15) is 29.8 Å². The zero-order chi connectivity index (χ0) is 20.8. The van der Waals surface area contributed by atoms with Crippen molar-refractivity contribution in [1.29, 1.82) is 5.26 Å². The Morgan fingerprint density at radius 3 is 3.03 bits per heavy atom. The predicted octanol–water partition coefficient (Wildman–Crippen LogP) is 3.54. The molecule has 0 saturated heterocycles. The van der Waals surface area contributed by atoms with Crippen molar-refractivity contribution >= 4 is 16.9 Å². The van der Waals surface area contributed by atoms with Crippen LogP contribution in [-0.2, 0) is 12.8 Å². The Hall–Kier alpha value is -3.86. The number of fused-ring (bicyclic) bond motifs is 1. The van der Waals surface area contributed by atoms with E-state index >= 15 is 0 Å². The molecule has 1 atom stereocenters. The van der Waals surface area contributed by atoms with E-state index in [9.17, 15) is 5.26 Å². The van der Waals surface area contributed by atoms with Gasteiger partial charge in [-0.1, -0.05) is 24.3 Å². The number of anilines is 2. The Morgan fingerprint density at radius 1 is 1.33 bits per heavy atom. The highest BCUT2D eigenvalue weighted by Crippen LogP contribution is 2.34. The number of benzene rings is 2. The second-order valence-electron chi connectivity index (χ2n) is 7.16. The van der Waals surface area contributed by atoms with Gasteiger partial charge in [0.1, 0.15) is 17.4 Å². The number of hydrogen-bond donors (Lipinski definition) is 3. The van der Waals surface area contributed by atoms with Crippen LogP contribution in [0.5, 0.6) is 5.75 Å². The fourth-order valence-corrected chi connectivity index (χ4v) is 3.68. The van der Waals surface area contributed by atoms with Gasteiger partial charge in [0.05, 0.1) is 12.8 Å². The summed E-state index contributed by atoms with van der Waals surface area (Å²) in [4.78, 5) is 0. The van der Waals surface area contributed by atoms with Gasteiger partial charge < -0.3 is 15.4 Å². The first-order valence-corrected chi connectivity index (χ1v) is 9.89. The molecule has 8 nitrogen and oxygen atoms in total. The van der Waals surface area contributed by atoms with Gasteiger partial charge in [0.25, 0.3) is 0 Å². The smallest absolute Gasteiger partial charge is 0.216 e. The van der Waals surface area contributed by atoms with Crippen LogP contribution in [0.15, 0.2) is 48.7 Å². The molecule has 0 radical (unpaired) electrons. The molecule has 3 N–H and O–H groups in total. The SMILES string of the molecule is COc1cccc2c1NC(CCc1cccc(NC=C(C#N)c3nn[nH]n3)c1)CC2. The number of nitrogens with one attached hydrogen (secondary N) is 3. The van der Waals surface area contributed by atoms with Gasteiger partial charge in [-0.2, -0.15) is 10.5 Å². The number of methoxy groups -OCH3 is 1. The highest BCUT2D eigenvalue weighted by Gasteiger charge is 2.20. The number of nitrogens with zero attached hydrogens (tertiary/aromatic N) is 4. The lowest BCUT2D eigenvalue weighted by Gasteiger charge is -2.28. The monoisotopic (exact) mass is 401 g/mol. The van der Waals surface area contributed by atoms with Crippen LogP contribution >= 0.6 is 0 Å². The molecule has 0 bridgehead atoms. The molecule has 30 heavy (non-hydrogen) atoms. The van der Waals surface area contributed by atoms with Crippen molar-refractivity contribution in [3.05, 3.63) is 65.6 Å². The van der Waals surface area contributed by atoms with E-state index in [2.05, 4.69) is 55.5 Å². The minimum atomic E-state index is 0.264. The van der Waals surface area contributed by atoms with Crippen molar-refractivity contribution in [2.45, 2.75) is 31.7 Å². The fourth-order valence-electron chi connectivity index (χ4n) is 3.68. The Balaban J connectivity index is 1.38. The number of aromatic nitrogens is 4. The molecule has 0 saturated carbocycles.